The Balaban J connectivity index is 2.53. The van der Waals surface area contributed by atoms with Crippen molar-refractivity contribution >= 4 is 44.2 Å². The molecule has 0 radical (unpaired) electrons. The van der Waals surface area contributed by atoms with Crippen molar-refractivity contribution in [3.05, 3.63) is 34.3 Å². The van der Waals surface area contributed by atoms with Crippen LogP contribution in [0.15, 0.2) is 28.7 Å². The van der Waals surface area contributed by atoms with Gasteiger partial charge in [-0.1, -0.05) is 52.0 Å². The Kier molecular flexibility index (Phi) is 4.05. The van der Waals surface area contributed by atoms with E-state index in [-0.39, 0.29) is 0 Å². The largest absolute Gasteiger partial charge is 0.385 e. The summed E-state index contributed by atoms with van der Waals surface area (Å²) in [6, 6.07) is 8.12. The second kappa shape index (κ2) is 4.84. The smallest absolute Gasteiger partial charge is 0.131 e. The topological polar surface area (TPSA) is 26.0 Å². The molecule has 1 nitrogen and oxygen atoms in total. The first-order valence-electron chi connectivity index (χ1n) is 3.35. The van der Waals surface area contributed by atoms with Crippen molar-refractivity contribution in [2.75, 3.05) is 0 Å². The maximum absolute atomic E-state index is 5.36. The van der Waals surface area contributed by atoms with Crippen LogP contribution in [0.3, 0.4) is 0 Å². The minimum Gasteiger partial charge on any atom is -0.385 e. The predicted octanol–water partition coefficient (Wildman–Crippen LogP) is 2.93. The maximum Gasteiger partial charge on any atom is 0.131 e. The molecule has 0 saturated carbocycles. The number of rotatable bonds is 2. The first kappa shape index (κ1) is 10.0. The van der Waals surface area contributed by atoms with Crippen molar-refractivity contribution in [3.63, 3.8) is 0 Å². The van der Waals surface area contributed by atoms with Gasteiger partial charge in [-0.15, -0.1) is 0 Å². The Bertz CT molecular complexity index is 271. The van der Waals surface area contributed by atoms with Crippen LogP contribution >= 0.6 is 39.9 Å². The average Bonchev–Trinajstić information content (AvgIpc) is 2.03. The summed E-state index contributed by atoms with van der Waals surface area (Å²) in [6.45, 7) is 0. The van der Waals surface area contributed by atoms with Gasteiger partial charge in [0.25, 0.3) is 0 Å². The van der Waals surface area contributed by atoms with Gasteiger partial charge in [0.05, 0.1) is 0 Å². The Morgan fingerprint density at radius 1 is 1.42 bits per heavy atom. The summed E-state index contributed by atoms with van der Waals surface area (Å²) in [5, 5.41) is 0. The van der Waals surface area contributed by atoms with Gasteiger partial charge in [0, 0.05) is 10.2 Å². The number of thiocarbonyl (C=S) groups is 1. The van der Waals surface area contributed by atoms with E-state index in [1.807, 2.05) is 12.1 Å². The quantitative estimate of drug-likeness (QED) is 0.830. The van der Waals surface area contributed by atoms with Crippen LogP contribution in [0.25, 0.3) is 0 Å². The fourth-order valence-corrected chi connectivity index (χ4v) is 1.68. The summed E-state index contributed by atoms with van der Waals surface area (Å²) in [5.74, 6) is 0.850. The Labute approximate surface area is 89.9 Å². The van der Waals surface area contributed by atoms with E-state index in [0.717, 1.165) is 10.2 Å². The number of hydrogen-bond acceptors (Lipinski definition) is 2. The average molecular weight is 262 g/mol. The van der Waals surface area contributed by atoms with E-state index in [1.54, 1.807) is 0 Å². The lowest BCUT2D eigenvalue weighted by molar-refractivity contribution is 1.41. The predicted molar refractivity (Wildman–Crippen MR) is 62.2 cm³/mol. The molecule has 0 atom stereocenters. The molecule has 0 amide bonds. The number of thioether (sulfide) groups is 1. The first-order valence-corrected chi connectivity index (χ1v) is 5.54. The van der Waals surface area contributed by atoms with Crippen molar-refractivity contribution in [2.45, 2.75) is 5.75 Å². The van der Waals surface area contributed by atoms with Gasteiger partial charge in [0.2, 0.25) is 0 Å². The van der Waals surface area contributed by atoms with E-state index < -0.39 is 0 Å². The van der Waals surface area contributed by atoms with Gasteiger partial charge < -0.3 is 5.73 Å². The molecule has 2 N–H and O–H groups in total. The van der Waals surface area contributed by atoms with E-state index in [1.165, 1.54) is 17.3 Å². The van der Waals surface area contributed by atoms with Gasteiger partial charge >= 0.3 is 0 Å². The van der Waals surface area contributed by atoms with Gasteiger partial charge in [-0.05, 0) is 17.7 Å². The molecular weight excluding hydrogens is 254 g/mol. The molecule has 1 aromatic carbocycles. The number of halogens is 1. The minimum atomic E-state index is 0.498. The molecule has 0 unspecified atom stereocenters. The zero-order valence-corrected chi connectivity index (χ0v) is 9.51. The molecule has 0 aliphatic heterocycles. The third-order valence-corrected chi connectivity index (χ3v) is 2.94. The van der Waals surface area contributed by atoms with Crippen molar-refractivity contribution in [2.24, 2.45) is 5.73 Å². The molecular formula is C8H8BrNS2. The van der Waals surface area contributed by atoms with Gasteiger partial charge in [0.1, 0.15) is 4.32 Å². The lowest BCUT2D eigenvalue weighted by Crippen LogP contribution is -2.01. The van der Waals surface area contributed by atoms with Crippen molar-refractivity contribution in [1.29, 1.82) is 0 Å². The second-order valence-electron chi connectivity index (χ2n) is 2.23. The highest BCUT2D eigenvalue weighted by molar-refractivity contribution is 9.10. The molecule has 1 rings (SSSR count). The van der Waals surface area contributed by atoms with Crippen molar-refractivity contribution in [3.8, 4) is 0 Å². The molecule has 0 saturated heterocycles. The van der Waals surface area contributed by atoms with E-state index >= 15 is 0 Å². The van der Waals surface area contributed by atoms with Crippen LogP contribution < -0.4 is 5.73 Å². The van der Waals surface area contributed by atoms with Gasteiger partial charge in [-0.25, -0.2) is 0 Å². The second-order valence-corrected chi connectivity index (χ2v) is 4.87. The highest BCUT2D eigenvalue weighted by atomic mass is 79.9. The van der Waals surface area contributed by atoms with E-state index in [0.29, 0.717) is 4.32 Å². The number of benzene rings is 1. The molecule has 12 heavy (non-hydrogen) atoms. The fraction of sp³-hybridized carbons (Fsp3) is 0.125. The molecule has 0 aromatic heterocycles. The molecule has 0 aliphatic carbocycles. The van der Waals surface area contributed by atoms with E-state index in [4.69, 9.17) is 18.0 Å². The molecule has 0 spiro atoms. The molecule has 0 heterocycles. The lowest BCUT2D eigenvalue weighted by atomic mass is 10.2. The Morgan fingerprint density at radius 2 is 2.00 bits per heavy atom. The number of nitrogens with two attached hydrogens (primary N) is 1. The molecule has 0 bridgehead atoms. The van der Waals surface area contributed by atoms with E-state index in [2.05, 4.69) is 28.1 Å². The number of hydrogen-bond donors (Lipinski definition) is 1. The summed E-state index contributed by atoms with van der Waals surface area (Å²) in [4.78, 5) is 0. The summed E-state index contributed by atoms with van der Waals surface area (Å²) in [7, 11) is 0. The van der Waals surface area contributed by atoms with Crippen LogP contribution in [0, 0.1) is 0 Å². The SMILES string of the molecule is NC(=S)SCc1ccc(Br)cc1. The minimum absolute atomic E-state index is 0.498. The third kappa shape index (κ3) is 3.56. The maximum atomic E-state index is 5.36. The van der Waals surface area contributed by atoms with Crippen LogP contribution in [0.2, 0.25) is 0 Å². The van der Waals surface area contributed by atoms with Crippen LogP contribution in [0.4, 0.5) is 0 Å². The first-order chi connectivity index (χ1) is 5.68. The monoisotopic (exact) mass is 261 g/mol. The molecule has 4 heteroatoms. The van der Waals surface area contributed by atoms with Crippen molar-refractivity contribution < 1.29 is 0 Å². The van der Waals surface area contributed by atoms with Crippen molar-refractivity contribution in [1.82, 2.24) is 0 Å². The lowest BCUT2D eigenvalue weighted by Gasteiger charge is -1.99. The highest BCUT2D eigenvalue weighted by Gasteiger charge is 1.94. The van der Waals surface area contributed by atoms with Crippen LogP contribution in [-0.2, 0) is 5.75 Å². The normalized spacial score (nSPS) is 9.75. The van der Waals surface area contributed by atoms with Gasteiger partial charge in [0.15, 0.2) is 0 Å². The summed E-state index contributed by atoms with van der Waals surface area (Å²) >= 11 is 9.60. The molecule has 64 valence electrons. The zero-order chi connectivity index (χ0) is 8.97. The zero-order valence-electron chi connectivity index (χ0n) is 6.29. The molecule has 1 aromatic rings. The Hall–Kier alpha value is -0.0600. The fourth-order valence-electron chi connectivity index (χ4n) is 0.735. The highest BCUT2D eigenvalue weighted by Crippen LogP contribution is 2.15. The standard InChI is InChI=1S/C8H8BrNS2/c9-7-3-1-6(2-4-7)5-12-8(10)11/h1-4H,5H2,(H2,10,11). The van der Waals surface area contributed by atoms with E-state index in [9.17, 15) is 0 Å². The third-order valence-electron chi connectivity index (χ3n) is 1.29. The summed E-state index contributed by atoms with van der Waals surface area (Å²) in [6.07, 6.45) is 0. The summed E-state index contributed by atoms with van der Waals surface area (Å²) in [5.41, 5.74) is 6.59. The van der Waals surface area contributed by atoms with Crippen LogP contribution in [-0.4, -0.2) is 4.32 Å². The molecule has 0 fully saturated rings. The van der Waals surface area contributed by atoms with Gasteiger partial charge in [-0.3, -0.25) is 0 Å². The summed E-state index contributed by atoms with van der Waals surface area (Å²) < 4.78 is 1.59. The van der Waals surface area contributed by atoms with Crippen LogP contribution in [0.1, 0.15) is 5.56 Å². The van der Waals surface area contributed by atoms with Gasteiger partial charge in [-0.2, -0.15) is 0 Å². The Morgan fingerprint density at radius 3 is 2.50 bits per heavy atom. The molecule has 0 aliphatic rings. The van der Waals surface area contributed by atoms with Crippen LogP contribution in [0.5, 0.6) is 0 Å².